The molecule has 0 amide bonds. The molecule has 2 rings (SSSR count). The minimum absolute atomic E-state index is 0.468. The molecule has 0 fully saturated rings. The summed E-state index contributed by atoms with van der Waals surface area (Å²) >= 11 is 1.49. The zero-order valence-corrected chi connectivity index (χ0v) is 8.54. The van der Waals surface area contributed by atoms with Crippen LogP contribution in [0.15, 0.2) is 16.2 Å². The topological polar surface area (TPSA) is 63.8 Å². The van der Waals surface area contributed by atoms with Gasteiger partial charge in [0.2, 0.25) is 5.82 Å². The van der Waals surface area contributed by atoms with E-state index in [4.69, 9.17) is 4.52 Å². The Bertz CT molecular complexity index is 384. The Morgan fingerprint density at radius 1 is 1.57 bits per heavy atom. The number of hydrogen-bond donors (Lipinski definition) is 1. The normalized spacial score (nSPS) is 10.4. The Morgan fingerprint density at radius 3 is 3.21 bits per heavy atom. The van der Waals surface area contributed by atoms with Gasteiger partial charge in [-0.2, -0.15) is 4.98 Å². The second kappa shape index (κ2) is 4.19. The molecule has 6 heteroatoms. The van der Waals surface area contributed by atoms with Crippen LogP contribution in [0.1, 0.15) is 13.3 Å². The van der Waals surface area contributed by atoms with E-state index in [0.29, 0.717) is 11.8 Å². The first-order chi connectivity index (χ1) is 6.90. The molecular weight excluding hydrogens is 200 g/mol. The van der Waals surface area contributed by atoms with Crippen LogP contribution in [-0.2, 0) is 0 Å². The van der Waals surface area contributed by atoms with Crippen molar-refractivity contribution < 1.29 is 4.52 Å². The third-order valence-corrected chi connectivity index (χ3v) is 2.37. The summed E-state index contributed by atoms with van der Waals surface area (Å²) in [7, 11) is 0. The number of nitrogens with zero attached hydrogens (tertiary/aromatic N) is 3. The van der Waals surface area contributed by atoms with E-state index in [2.05, 4.69) is 27.4 Å². The first-order valence-corrected chi connectivity index (χ1v) is 5.24. The van der Waals surface area contributed by atoms with Crippen LogP contribution in [0.2, 0.25) is 0 Å². The monoisotopic (exact) mass is 210 g/mol. The second-order valence-electron chi connectivity index (χ2n) is 2.72. The van der Waals surface area contributed by atoms with Gasteiger partial charge in [-0.3, -0.25) is 4.98 Å². The SMILES string of the molecule is CCCNc1nc(-c2cncs2)no1. The van der Waals surface area contributed by atoms with Gasteiger partial charge in [-0.05, 0) is 6.42 Å². The van der Waals surface area contributed by atoms with Crippen LogP contribution in [0.3, 0.4) is 0 Å². The molecule has 2 aromatic rings. The van der Waals surface area contributed by atoms with Crippen molar-refractivity contribution in [2.75, 3.05) is 11.9 Å². The maximum absolute atomic E-state index is 5.00. The second-order valence-corrected chi connectivity index (χ2v) is 3.60. The van der Waals surface area contributed by atoms with Crippen LogP contribution < -0.4 is 5.32 Å². The van der Waals surface area contributed by atoms with Gasteiger partial charge in [0, 0.05) is 12.7 Å². The summed E-state index contributed by atoms with van der Waals surface area (Å²) in [6.45, 7) is 2.91. The van der Waals surface area contributed by atoms with Gasteiger partial charge >= 0.3 is 6.01 Å². The number of hydrogen-bond acceptors (Lipinski definition) is 6. The molecule has 0 radical (unpaired) electrons. The van der Waals surface area contributed by atoms with E-state index in [1.54, 1.807) is 11.7 Å². The minimum Gasteiger partial charge on any atom is -0.338 e. The standard InChI is InChI=1S/C8H10N4OS/c1-2-3-10-8-11-7(12-13-8)6-4-9-5-14-6/h4-5H,2-3H2,1H3,(H,10,11,12). The van der Waals surface area contributed by atoms with Gasteiger partial charge in [0.15, 0.2) is 0 Å². The number of nitrogens with one attached hydrogen (secondary N) is 1. The molecule has 5 nitrogen and oxygen atoms in total. The predicted molar refractivity (Wildman–Crippen MR) is 54.2 cm³/mol. The lowest BCUT2D eigenvalue weighted by Gasteiger charge is -1.93. The van der Waals surface area contributed by atoms with Crippen molar-refractivity contribution in [2.45, 2.75) is 13.3 Å². The van der Waals surface area contributed by atoms with E-state index in [1.807, 2.05) is 0 Å². The van der Waals surface area contributed by atoms with Gasteiger partial charge in [-0.1, -0.05) is 12.1 Å². The molecule has 74 valence electrons. The number of anilines is 1. The third-order valence-electron chi connectivity index (χ3n) is 1.60. The van der Waals surface area contributed by atoms with E-state index in [-0.39, 0.29) is 0 Å². The fourth-order valence-corrected chi connectivity index (χ4v) is 1.50. The highest BCUT2D eigenvalue weighted by Gasteiger charge is 2.08. The van der Waals surface area contributed by atoms with Crippen LogP contribution in [0.5, 0.6) is 0 Å². The van der Waals surface area contributed by atoms with E-state index in [0.717, 1.165) is 17.8 Å². The van der Waals surface area contributed by atoms with Gasteiger partial charge in [0.1, 0.15) is 0 Å². The van der Waals surface area contributed by atoms with E-state index >= 15 is 0 Å². The summed E-state index contributed by atoms with van der Waals surface area (Å²) in [5.41, 5.74) is 1.74. The molecule has 0 spiro atoms. The number of aromatic nitrogens is 3. The fraction of sp³-hybridized carbons (Fsp3) is 0.375. The molecule has 0 atom stereocenters. The molecular formula is C8H10N4OS. The lowest BCUT2D eigenvalue weighted by Crippen LogP contribution is -1.99. The maximum atomic E-state index is 5.00. The molecule has 0 bridgehead atoms. The largest absolute Gasteiger partial charge is 0.338 e. The van der Waals surface area contributed by atoms with Gasteiger partial charge in [0.05, 0.1) is 10.4 Å². The molecule has 1 N–H and O–H groups in total. The number of rotatable bonds is 4. The van der Waals surface area contributed by atoms with Crippen LogP contribution in [0.25, 0.3) is 10.7 Å². The van der Waals surface area contributed by atoms with Crippen LogP contribution in [-0.4, -0.2) is 21.7 Å². The first-order valence-electron chi connectivity index (χ1n) is 4.36. The molecule has 0 unspecified atom stereocenters. The molecule has 0 saturated carbocycles. The Balaban J connectivity index is 2.10. The Morgan fingerprint density at radius 2 is 2.50 bits per heavy atom. The van der Waals surface area contributed by atoms with Crippen LogP contribution in [0.4, 0.5) is 6.01 Å². The lowest BCUT2D eigenvalue weighted by atomic mass is 10.5. The van der Waals surface area contributed by atoms with Crippen molar-refractivity contribution in [3.8, 4) is 10.7 Å². The molecule has 14 heavy (non-hydrogen) atoms. The minimum atomic E-state index is 0.468. The highest BCUT2D eigenvalue weighted by Crippen LogP contribution is 2.20. The smallest absolute Gasteiger partial charge is 0.321 e. The van der Waals surface area contributed by atoms with Crippen LogP contribution >= 0.6 is 11.3 Å². The van der Waals surface area contributed by atoms with Crippen LogP contribution in [0, 0.1) is 0 Å². The maximum Gasteiger partial charge on any atom is 0.321 e. The quantitative estimate of drug-likeness (QED) is 0.836. The molecule has 0 saturated heterocycles. The van der Waals surface area contributed by atoms with Crippen molar-refractivity contribution in [1.29, 1.82) is 0 Å². The zero-order chi connectivity index (χ0) is 9.80. The van der Waals surface area contributed by atoms with Crippen molar-refractivity contribution in [3.63, 3.8) is 0 Å². The van der Waals surface area contributed by atoms with E-state index in [9.17, 15) is 0 Å². The van der Waals surface area contributed by atoms with Crippen molar-refractivity contribution in [2.24, 2.45) is 0 Å². The fourth-order valence-electron chi connectivity index (χ4n) is 0.954. The molecule has 2 heterocycles. The molecule has 2 aromatic heterocycles. The van der Waals surface area contributed by atoms with Crippen molar-refractivity contribution in [1.82, 2.24) is 15.1 Å². The first kappa shape index (κ1) is 9.14. The molecule has 0 aromatic carbocycles. The van der Waals surface area contributed by atoms with Gasteiger partial charge < -0.3 is 9.84 Å². The lowest BCUT2D eigenvalue weighted by molar-refractivity contribution is 0.432. The summed E-state index contributed by atoms with van der Waals surface area (Å²) in [4.78, 5) is 9.03. The van der Waals surface area contributed by atoms with Gasteiger partial charge in [-0.15, -0.1) is 11.3 Å². The Labute approximate surface area is 85.2 Å². The summed E-state index contributed by atoms with van der Waals surface area (Å²) in [6.07, 6.45) is 2.75. The summed E-state index contributed by atoms with van der Waals surface area (Å²) in [5.74, 6) is 0.589. The summed E-state index contributed by atoms with van der Waals surface area (Å²) < 4.78 is 5.00. The van der Waals surface area contributed by atoms with E-state index < -0.39 is 0 Å². The highest BCUT2D eigenvalue weighted by atomic mass is 32.1. The highest BCUT2D eigenvalue weighted by molar-refractivity contribution is 7.13. The Hall–Kier alpha value is -1.43. The van der Waals surface area contributed by atoms with Crippen molar-refractivity contribution in [3.05, 3.63) is 11.7 Å². The number of thiazole rings is 1. The molecule has 0 aliphatic heterocycles. The molecule has 0 aliphatic carbocycles. The van der Waals surface area contributed by atoms with E-state index in [1.165, 1.54) is 11.3 Å². The van der Waals surface area contributed by atoms with Crippen molar-refractivity contribution >= 4 is 17.4 Å². The zero-order valence-electron chi connectivity index (χ0n) is 7.73. The average molecular weight is 210 g/mol. The average Bonchev–Trinajstić information content (AvgIpc) is 2.85. The molecule has 0 aliphatic rings. The predicted octanol–water partition coefficient (Wildman–Crippen LogP) is 2.01. The van der Waals surface area contributed by atoms with Gasteiger partial charge in [-0.25, -0.2) is 0 Å². The Kier molecular flexibility index (Phi) is 2.73. The van der Waals surface area contributed by atoms with Gasteiger partial charge in [0.25, 0.3) is 0 Å². The summed E-state index contributed by atoms with van der Waals surface area (Å²) in [6, 6.07) is 0.468. The summed E-state index contributed by atoms with van der Waals surface area (Å²) in [5, 5.41) is 6.85. The third kappa shape index (κ3) is 1.90.